The van der Waals surface area contributed by atoms with Gasteiger partial charge in [0, 0.05) is 24.8 Å². The van der Waals surface area contributed by atoms with Crippen molar-refractivity contribution in [3.05, 3.63) is 45.3 Å². The Kier molecular flexibility index (Phi) is 4.74. The summed E-state index contributed by atoms with van der Waals surface area (Å²) in [6, 6.07) is 3.62. The van der Waals surface area contributed by atoms with Gasteiger partial charge in [0.15, 0.2) is 0 Å². The second-order valence-electron chi connectivity index (χ2n) is 4.60. The molecule has 0 aliphatic heterocycles. The van der Waals surface area contributed by atoms with Crippen LogP contribution in [0.3, 0.4) is 0 Å². The first-order valence-electron chi connectivity index (χ1n) is 6.62. The summed E-state index contributed by atoms with van der Waals surface area (Å²) in [6.45, 7) is 4.64. The molecule has 1 amide bonds. The highest BCUT2D eigenvalue weighted by molar-refractivity contribution is 7.08. The fourth-order valence-corrected chi connectivity index (χ4v) is 2.73. The van der Waals surface area contributed by atoms with Crippen molar-refractivity contribution in [1.82, 2.24) is 10.3 Å². The van der Waals surface area contributed by atoms with Gasteiger partial charge in [-0.25, -0.2) is 4.98 Å². The van der Waals surface area contributed by atoms with E-state index < -0.39 is 0 Å². The molecule has 0 saturated heterocycles. The molecule has 2 aromatic heterocycles. The Morgan fingerprint density at radius 1 is 1.35 bits per heavy atom. The van der Waals surface area contributed by atoms with Crippen LogP contribution < -0.4 is 10.6 Å². The lowest BCUT2D eigenvalue weighted by molar-refractivity contribution is 0.0950. The number of rotatable bonds is 5. The third-order valence-electron chi connectivity index (χ3n) is 3.16. The van der Waals surface area contributed by atoms with Crippen LogP contribution in [0.15, 0.2) is 22.9 Å². The lowest BCUT2D eigenvalue weighted by Crippen LogP contribution is -2.23. The maximum Gasteiger partial charge on any atom is 0.251 e. The zero-order chi connectivity index (χ0) is 14.5. The molecule has 0 aliphatic carbocycles. The molecule has 2 rings (SSSR count). The van der Waals surface area contributed by atoms with Crippen molar-refractivity contribution < 1.29 is 4.79 Å². The maximum absolute atomic E-state index is 12.2. The average Bonchev–Trinajstić information content (AvgIpc) is 2.89. The Morgan fingerprint density at radius 3 is 2.75 bits per heavy atom. The fourth-order valence-electron chi connectivity index (χ4n) is 1.87. The number of hydrogen-bond donors (Lipinski definition) is 2. The Labute approximate surface area is 123 Å². The number of anilines is 1. The van der Waals surface area contributed by atoms with Crippen LogP contribution in [0.5, 0.6) is 0 Å². The van der Waals surface area contributed by atoms with Crippen molar-refractivity contribution in [3.8, 4) is 0 Å². The number of carbonyl (C=O) groups excluding carboxylic acids is 1. The molecule has 5 heteroatoms. The minimum Gasteiger partial charge on any atom is -0.373 e. The van der Waals surface area contributed by atoms with Crippen LogP contribution in [0, 0.1) is 6.92 Å². The number of aryl methyl sites for hydroxylation is 2. The van der Waals surface area contributed by atoms with Gasteiger partial charge in [0.2, 0.25) is 0 Å². The molecule has 4 nitrogen and oxygen atoms in total. The largest absolute Gasteiger partial charge is 0.373 e. The molecule has 0 radical (unpaired) electrons. The van der Waals surface area contributed by atoms with Gasteiger partial charge >= 0.3 is 0 Å². The van der Waals surface area contributed by atoms with Crippen molar-refractivity contribution in [1.29, 1.82) is 0 Å². The molecule has 2 N–H and O–H groups in total. The lowest BCUT2D eigenvalue weighted by atomic mass is 10.1. The molecule has 0 saturated carbocycles. The summed E-state index contributed by atoms with van der Waals surface area (Å²) in [6.07, 6.45) is 0.805. The van der Waals surface area contributed by atoms with E-state index in [1.165, 1.54) is 11.1 Å². The molecule has 0 atom stereocenters. The third kappa shape index (κ3) is 3.36. The summed E-state index contributed by atoms with van der Waals surface area (Å²) < 4.78 is 0. The number of hydrogen-bond acceptors (Lipinski definition) is 4. The normalized spacial score (nSPS) is 10.3. The monoisotopic (exact) mass is 289 g/mol. The molecule has 2 aromatic rings. The van der Waals surface area contributed by atoms with Gasteiger partial charge in [-0.2, -0.15) is 11.3 Å². The molecular formula is C15H19N3OS. The van der Waals surface area contributed by atoms with E-state index in [1.807, 2.05) is 13.0 Å². The van der Waals surface area contributed by atoms with Gasteiger partial charge in [-0.15, -0.1) is 0 Å². The summed E-state index contributed by atoms with van der Waals surface area (Å²) >= 11 is 1.65. The van der Waals surface area contributed by atoms with Gasteiger partial charge in [0.1, 0.15) is 5.82 Å². The summed E-state index contributed by atoms with van der Waals surface area (Å²) in [4.78, 5) is 16.6. The first kappa shape index (κ1) is 14.5. The zero-order valence-corrected chi connectivity index (χ0v) is 12.8. The number of pyridine rings is 1. The van der Waals surface area contributed by atoms with E-state index in [-0.39, 0.29) is 5.91 Å². The second-order valence-corrected chi connectivity index (χ2v) is 5.34. The van der Waals surface area contributed by atoms with E-state index in [0.29, 0.717) is 12.1 Å². The predicted molar refractivity (Wildman–Crippen MR) is 83.4 cm³/mol. The Balaban J connectivity index is 2.10. The van der Waals surface area contributed by atoms with Gasteiger partial charge in [-0.3, -0.25) is 4.79 Å². The number of aromatic nitrogens is 1. The smallest absolute Gasteiger partial charge is 0.251 e. The SMILES string of the molecule is CCc1cc(C(=O)NCc2cscc2C)cc(NC)n1. The number of carbonyl (C=O) groups is 1. The van der Waals surface area contributed by atoms with Crippen molar-refractivity contribution >= 4 is 23.1 Å². The van der Waals surface area contributed by atoms with Crippen molar-refractivity contribution in [3.63, 3.8) is 0 Å². The van der Waals surface area contributed by atoms with Gasteiger partial charge in [-0.05, 0) is 47.4 Å². The molecule has 0 fully saturated rings. The highest BCUT2D eigenvalue weighted by Crippen LogP contribution is 2.14. The molecule has 20 heavy (non-hydrogen) atoms. The van der Waals surface area contributed by atoms with Gasteiger partial charge in [-0.1, -0.05) is 6.92 Å². The van der Waals surface area contributed by atoms with Crippen molar-refractivity contribution in [2.24, 2.45) is 0 Å². The van der Waals surface area contributed by atoms with E-state index in [4.69, 9.17) is 0 Å². The standard InChI is InChI=1S/C15H19N3OS/c1-4-13-5-11(6-14(16-3)18-13)15(19)17-7-12-9-20-8-10(12)2/h5-6,8-9H,4,7H2,1-3H3,(H,16,18)(H,17,19). The van der Waals surface area contributed by atoms with E-state index in [1.54, 1.807) is 24.5 Å². The minimum atomic E-state index is -0.0656. The highest BCUT2D eigenvalue weighted by Gasteiger charge is 2.09. The summed E-state index contributed by atoms with van der Waals surface area (Å²) in [5.74, 6) is 0.658. The predicted octanol–water partition coefficient (Wildman–Crippen LogP) is 2.99. The Hall–Kier alpha value is -1.88. The van der Waals surface area contributed by atoms with E-state index in [0.717, 1.165) is 17.9 Å². The Bertz CT molecular complexity index is 585. The second kappa shape index (κ2) is 6.52. The molecule has 0 aromatic carbocycles. The molecule has 2 heterocycles. The number of thiophene rings is 1. The summed E-state index contributed by atoms with van der Waals surface area (Å²) in [5, 5.41) is 10.1. The molecule has 0 bridgehead atoms. The third-order valence-corrected chi connectivity index (χ3v) is 4.07. The van der Waals surface area contributed by atoms with Crippen LogP contribution in [-0.2, 0) is 13.0 Å². The first-order chi connectivity index (χ1) is 9.63. The minimum absolute atomic E-state index is 0.0656. The van der Waals surface area contributed by atoms with E-state index in [9.17, 15) is 4.79 Å². The molecular weight excluding hydrogens is 270 g/mol. The molecule has 0 aliphatic rings. The topological polar surface area (TPSA) is 54.0 Å². The van der Waals surface area contributed by atoms with Crippen LogP contribution in [0.2, 0.25) is 0 Å². The van der Waals surface area contributed by atoms with Crippen LogP contribution in [0.4, 0.5) is 5.82 Å². The quantitative estimate of drug-likeness (QED) is 0.889. The molecule has 0 unspecified atom stereocenters. The zero-order valence-electron chi connectivity index (χ0n) is 12.0. The van der Waals surface area contributed by atoms with E-state index >= 15 is 0 Å². The maximum atomic E-state index is 12.2. The van der Waals surface area contributed by atoms with Gasteiger partial charge in [0.05, 0.1) is 0 Å². The molecule has 106 valence electrons. The summed E-state index contributed by atoms with van der Waals surface area (Å²) in [5.41, 5.74) is 3.94. The number of nitrogens with one attached hydrogen (secondary N) is 2. The molecule has 0 spiro atoms. The number of amides is 1. The summed E-state index contributed by atoms with van der Waals surface area (Å²) in [7, 11) is 1.80. The average molecular weight is 289 g/mol. The van der Waals surface area contributed by atoms with Gasteiger partial charge in [0.25, 0.3) is 5.91 Å². The van der Waals surface area contributed by atoms with Crippen LogP contribution in [-0.4, -0.2) is 17.9 Å². The highest BCUT2D eigenvalue weighted by atomic mass is 32.1. The van der Waals surface area contributed by atoms with Crippen molar-refractivity contribution in [2.45, 2.75) is 26.8 Å². The van der Waals surface area contributed by atoms with Crippen molar-refractivity contribution in [2.75, 3.05) is 12.4 Å². The van der Waals surface area contributed by atoms with Crippen LogP contribution in [0.25, 0.3) is 0 Å². The van der Waals surface area contributed by atoms with E-state index in [2.05, 4.69) is 33.3 Å². The van der Waals surface area contributed by atoms with Gasteiger partial charge < -0.3 is 10.6 Å². The Morgan fingerprint density at radius 2 is 2.15 bits per heavy atom. The lowest BCUT2D eigenvalue weighted by Gasteiger charge is -2.08. The first-order valence-corrected chi connectivity index (χ1v) is 7.57. The van der Waals surface area contributed by atoms with Crippen LogP contribution in [0.1, 0.15) is 34.1 Å². The van der Waals surface area contributed by atoms with Crippen LogP contribution >= 0.6 is 11.3 Å². The number of nitrogens with zero attached hydrogens (tertiary/aromatic N) is 1. The fraction of sp³-hybridized carbons (Fsp3) is 0.333.